The third-order valence-electron chi connectivity index (χ3n) is 4.21. The highest BCUT2D eigenvalue weighted by Gasteiger charge is 2.18. The van der Waals surface area contributed by atoms with E-state index in [0.29, 0.717) is 22.8 Å². The van der Waals surface area contributed by atoms with Gasteiger partial charge in [0, 0.05) is 28.4 Å². The highest BCUT2D eigenvalue weighted by atomic mass is 16.3. The van der Waals surface area contributed by atoms with Gasteiger partial charge in [-0.1, -0.05) is 36.4 Å². The molecule has 0 spiro atoms. The topological polar surface area (TPSA) is 87.3 Å². The molecular weight excluding hydrogens is 324 g/mol. The van der Waals surface area contributed by atoms with Gasteiger partial charge >= 0.3 is 0 Å². The zero-order valence-corrected chi connectivity index (χ0v) is 14.3. The lowest BCUT2D eigenvalue weighted by molar-refractivity contribution is 0.457. The van der Waals surface area contributed by atoms with Crippen molar-refractivity contribution in [3.8, 4) is 5.88 Å². The van der Waals surface area contributed by atoms with Crippen LogP contribution in [0.1, 0.15) is 16.7 Å². The van der Waals surface area contributed by atoms with Crippen molar-refractivity contribution in [3.63, 3.8) is 0 Å². The summed E-state index contributed by atoms with van der Waals surface area (Å²) < 4.78 is 0. The summed E-state index contributed by atoms with van der Waals surface area (Å²) in [5.74, 6) is 0.632. The molecule has 4 rings (SSSR count). The Kier molecular flexibility index (Phi) is 3.89. The van der Waals surface area contributed by atoms with Gasteiger partial charge in [0.1, 0.15) is 0 Å². The van der Waals surface area contributed by atoms with Crippen LogP contribution in [0, 0.1) is 6.92 Å². The van der Waals surface area contributed by atoms with Gasteiger partial charge in [-0.15, -0.1) is 0 Å². The predicted octanol–water partition coefficient (Wildman–Crippen LogP) is 4.33. The van der Waals surface area contributed by atoms with Crippen molar-refractivity contribution < 1.29 is 5.11 Å². The number of fused-ring (bicyclic) bond motifs is 1. The van der Waals surface area contributed by atoms with E-state index in [1.165, 1.54) is 0 Å². The van der Waals surface area contributed by atoms with Crippen LogP contribution in [0.15, 0.2) is 71.9 Å². The molecule has 5 nitrogen and oxygen atoms in total. The zero-order valence-electron chi connectivity index (χ0n) is 14.3. The molecule has 4 N–H and O–H groups in total. The van der Waals surface area contributed by atoms with E-state index in [0.717, 1.165) is 22.0 Å². The normalized spacial score (nSPS) is 11.8. The Balaban J connectivity index is 1.99. The fraction of sp³-hybridized carbons (Fsp3) is 0.0476. The quantitative estimate of drug-likeness (QED) is 0.382. The number of nitrogens with one attached hydrogen (secondary N) is 1. The van der Waals surface area contributed by atoms with Crippen LogP contribution >= 0.6 is 0 Å². The molecule has 0 saturated heterocycles. The summed E-state index contributed by atoms with van der Waals surface area (Å²) in [6.45, 7) is 1.98. The van der Waals surface area contributed by atoms with Gasteiger partial charge in [-0.3, -0.25) is 0 Å². The van der Waals surface area contributed by atoms with Gasteiger partial charge < -0.3 is 15.8 Å². The van der Waals surface area contributed by atoms with Crippen molar-refractivity contribution in [2.75, 3.05) is 5.73 Å². The highest BCUT2D eigenvalue weighted by molar-refractivity contribution is 6.22. The number of rotatable bonds is 3. The Morgan fingerprint density at radius 1 is 1.08 bits per heavy atom. The van der Waals surface area contributed by atoms with E-state index in [-0.39, 0.29) is 5.88 Å². The summed E-state index contributed by atoms with van der Waals surface area (Å²) in [4.78, 5) is 12.1. The maximum Gasteiger partial charge on any atom is 0.199 e. The molecule has 0 unspecified atom stereocenters. The van der Waals surface area contributed by atoms with E-state index in [2.05, 4.69) is 9.97 Å². The number of aromatic nitrogens is 2. The molecular formula is C21H18N4O. The van der Waals surface area contributed by atoms with Crippen molar-refractivity contribution in [1.29, 1.82) is 0 Å². The Bertz CT molecular complexity index is 1100. The van der Waals surface area contributed by atoms with Crippen molar-refractivity contribution >= 4 is 28.1 Å². The van der Waals surface area contributed by atoms with Crippen LogP contribution in [0.3, 0.4) is 0 Å². The van der Waals surface area contributed by atoms with Crippen molar-refractivity contribution in [1.82, 2.24) is 9.97 Å². The number of hydrogen-bond donors (Lipinski definition) is 3. The lowest BCUT2D eigenvalue weighted by Crippen LogP contribution is -2.03. The molecule has 0 radical (unpaired) electrons. The first-order valence-corrected chi connectivity index (χ1v) is 8.29. The second-order valence-corrected chi connectivity index (χ2v) is 6.17. The van der Waals surface area contributed by atoms with Gasteiger partial charge in [-0.25, -0.2) is 9.98 Å². The van der Waals surface area contributed by atoms with Crippen LogP contribution in [0.2, 0.25) is 0 Å². The first-order valence-electron chi connectivity index (χ1n) is 8.29. The molecule has 4 aromatic rings. The number of aryl methyl sites for hydroxylation is 1. The lowest BCUT2D eigenvalue weighted by atomic mass is 10.0. The SMILES string of the molecule is Cc1ccc(N=C(c2ccccc2)c2c(O)[nH]c3ccc(N)cc23)nc1. The number of aromatic amines is 1. The maximum absolute atomic E-state index is 10.6. The molecule has 0 amide bonds. The lowest BCUT2D eigenvalue weighted by Gasteiger charge is -2.08. The maximum atomic E-state index is 10.6. The largest absolute Gasteiger partial charge is 0.494 e. The molecule has 0 aliphatic heterocycles. The van der Waals surface area contributed by atoms with E-state index in [1.807, 2.05) is 61.5 Å². The van der Waals surface area contributed by atoms with E-state index >= 15 is 0 Å². The first kappa shape index (κ1) is 15.9. The van der Waals surface area contributed by atoms with Gasteiger partial charge in [-0.05, 0) is 36.8 Å². The first-order chi connectivity index (χ1) is 12.6. The van der Waals surface area contributed by atoms with E-state index < -0.39 is 0 Å². The molecule has 2 aromatic heterocycles. The van der Waals surface area contributed by atoms with Gasteiger partial charge in [0.25, 0.3) is 0 Å². The predicted molar refractivity (Wildman–Crippen MR) is 105 cm³/mol. The number of pyridine rings is 1. The molecule has 0 fully saturated rings. The van der Waals surface area contributed by atoms with Gasteiger partial charge in [-0.2, -0.15) is 0 Å². The number of aromatic hydroxyl groups is 1. The number of H-pyrrole nitrogens is 1. The van der Waals surface area contributed by atoms with Gasteiger partial charge in [0.15, 0.2) is 11.7 Å². The van der Waals surface area contributed by atoms with E-state index in [9.17, 15) is 5.11 Å². The molecule has 2 heterocycles. The Morgan fingerprint density at radius 3 is 2.62 bits per heavy atom. The Hall–Kier alpha value is -3.60. The number of nitrogen functional groups attached to an aromatic ring is 1. The van der Waals surface area contributed by atoms with Crippen LogP contribution in [-0.4, -0.2) is 20.8 Å². The zero-order chi connectivity index (χ0) is 18.1. The Morgan fingerprint density at radius 2 is 1.88 bits per heavy atom. The number of benzene rings is 2. The second kappa shape index (κ2) is 6.37. The summed E-state index contributed by atoms with van der Waals surface area (Å²) in [7, 11) is 0. The molecule has 0 atom stereocenters. The molecule has 0 aliphatic carbocycles. The average molecular weight is 342 g/mol. The fourth-order valence-corrected chi connectivity index (χ4v) is 2.94. The summed E-state index contributed by atoms with van der Waals surface area (Å²) in [5, 5.41) is 11.4. The molecule has 0 aliphatic rings. The fourth-order valence-electron chi connectivity index (χ4n) is 2.94. The summed E-state index contributed by atoms with van der Waals surface area (Å²) in [5.41, 5.74) is 10.6. The molecule has 2 aromatic carbocycles. The number of nitrogens with zero attached hydrogens (tertiary/aromatic N) is 2. The van der Waals surface area contributed by atoms with Crippen molar-refractivity contribution in [3.05, 3.63) is 83.6 Å². The third kappa shape index (κ3) is 2.91. The molecule has 26 heavy (non-hydrogen) atoms. The smallest absolute Gasteiger partial charge is 0.199 e. The van der Waals surface area contributed by atoms with Crippen LogP contribution in [0.25, 0.3) is 10.9 Å². The van der Waals surface area contributed by atoms with Crippen LogP contribution in [0.4, 0.5) is 11.5 Å². The summed E-state index contributed by atoms with van der Waals surface area (Å²) >= 11 is 0. The monoisotopic (exact) mass is 342 g/mol. The standard InChI is InChI=1S/C21H18N4O/c1-13-7-10-18(23-12-13)25-20(14-5-3-2-4-6-14)19-16-11-15(22)8-9-17(16)24-21(19)26/h2-12,24,26H,22H2,1H3. The minimum atomic E-state index is 0.0558. The Labute approximate surface area is 150 Å². The number of aliphatic imine (C=N–C) groups is 1. The summed E-state index contributed by atoms with van der Waals surface area (Å²) in [6.07, 6.45) is 1.77. The molecule has 0 saturated carbocycles. The number of nitrogens with two attached hydrogens (primary N) is 1. The number of anilines is 1. The van der Waals surface area contributed by atoms with Crippen molar-refractivity contribution in [2.24, 2.45) is 4.99 Å². The molecule has 128 valence electrons. The van der Waals surface area contributed by atoms with E-state index in [1.54, 1.807) is 12.3 Å². The van der Waals surface area contributed by atoms with Crippen LogP contribution in [-0.2, 0) is 0 Å². The van der Waals surface area contributed by atoms with Crippen LogP contribution in [0.5, 0.6) is 5.88 Å². The van der Waals surface area contributed by atoms with Gasteiger partial charge in [0.2, 0.25) is 0 Å². The number of hydrogen-bond acceptors (Lipinski definition) is 4. The highest BCUT2D eigenvalue weighted by Crippen LogP contribution is 2.32. The van der Waals surface area contributed by atoms with Crippen LogP contribution < -0.4 is 5.73 Å². The van der Waals surface area contributed by atoms with E-state index in [4.69, 9.17) is 10.7 Å². The molecule has 5 heteroatoms. The van der Waals surface area contributed by atoms with Crippen molar-refractivity contribution in [2.45, 2.75) is 6.92 Å². The molecule has 0 bridgehead atoms. The third-order valence-corrected chi connectivity index (χ3v) is 4.21. The minimum Gasteiger partial charge on any atom is -0.494 e. The summed E-state index contributed by atoms with van der Waals surface area (Å²) in [6, 6.07) is 19.0. The van der Waals surface area contributed by atoms with Gasteiger partial charge in [0.05, 0.1) is 11.3 Å². The second-order valence-electron chi connectivity index (χ2n) is 6.17. The minimum absolute atomic E-state index is 0.0558. The average Bonchev–Trinajstić information content (AvgIpc) is 2.97.